The maximum Gasteiger partial charge on any atom is 0.296 e. The van der Waals surface area contributed by atoms with E-state index in [9.17, 15) is 5.11 Å². The summed E-state index contributed by atoms with van der Waals surface area (Å²) < 4.78 is 32.4. The van der Waals surface area contributed by atoms with Crippen LogP contribution >= 0.6 is 11.6 Å². The molecule has 1 unspecified atom stereocenters. The monoisotopic (exact) mass is 524 g/mol. The van der Waals surface area contributed by atoms with Crippen LogP contribution in [0.1, 0.15) is 23.6 Å². The van der Waals surface area contributed by atoms with Crippen LogP contribution in [-0.4, -0.2) is 67.9 Å². The number of rotatable bonds is 5. The molecule has 3 aromatic heterocycles. The number of hydrogen-bond acceptors (Lipinski definition) is 9. The van der Waals surface area contributed by atoms with Crippen LogP contribution in [0.25, 0.3) is 22.3 Å². The number of halogens is 2. The summed E-state index contributed by atoms with van der Waals surface area (Å²) in [5.74, 6) is 0.127. The summed E-state index contributed by atoms with van der Waals surface area (Å²) in [4.78, 5) is 12.1. The first-order valence-electron chi connectivity index (χ1n) is 12.0. The number of nitrogens with zero attached hydrogens (tertiary/aromatic N) is 4. The number of aromatic nitrogens is 5. The fourth-order valence-corrected chi connectivity index (χ4v) is 5.60. The Bertz CT molecular complexity index is 1490. The molecule has 2 aliphatic heterocycles. The number of H-pyrrole nitrogens is 1. The van der Waals surface area contributed by atoms with Gasteiger partial charge in [0.15, 0.2) is 11.8 Å². The molecule has 0 saturated carbocycles. The second-order valence-corrected chi connectivity index (χ2v) is 9.86. The zero-order chi connectivity index (χ0) is 25.1. The largest absolute Gasteiger partial charge is 0.456 e. The van der Waals surface area contributed by atoms with Crippen molar-refractivity contribution in [2.24, 2.45) is 0 Å². The molecule has 0 radical (unpaired) electrons. The van der Waals surface area contributed by atoms with Gasteiger partial charge in [-0.2, -0.15) is 15.2 Å². The third-order valence-corrected chi connectivity index (χ3v) is 7.43. The molecule has 190 valence electrons. The Morgan fingerprint density at radius 3 is 2.86 bits per heavy atom. The summed E-state index contributed by atoms with van der Waals surface area (Å²) in [5, 5.41) is 21.3. The summed E-state index contributed by atoms with van der Waals surface area (Å²) in [6, 6.07) is 7.01. The molecule has 7 rings (SSSR count). The summed E-state index contributed by atoms with van der Waals surface area (Å²) in [7, 11) is 0. The number of anilines is 1. The van der Waals surface area contributed by atoms with E-state index in [1.807, 2.05) is 12.1 Å². The van der Waals surface area contributed by atoms with Crippen molar-refractivity contribution < 1.29 is 23.7 Å². The van der Waals surface area contributed by atoms with Crippen LogP contribution in [0.3, 0.4) is 0 Å². The van der Waals surface area contributed by atoms with E-state index in [0.29, 0.717) is 34.0 Å². The van der Waals surface area contributed by atoms with Gasteiger partial charge < -0.3 is 29.6 Å². The fraction of sp³-hybridized carbons (Fsp3) is 0.360. The molecule has 1 aliphatic carbocycles. The predicted octanol–water partition coefficient (Wildman–Crippen LogP) is 3.21. The van der Waals surface area contributed by atoms with Crippen molar-refractivity contribution in [1.82, 2.24) is 25.1 Å². The SMILES string of the molecule is O[C@@H]1CO[C@H]2[C@@H]1OC[C@H]2Oc1nc2nc(NC3CCc4cc(-c5ccnnc5)cc(F)c43)c(Cl)cc2[nH]1. The molecule has 3 N–H and O–H groups in total. The highest BCUT2D eigenvalue weighted by atomic mass is 35.5. The van der Waals surface area contributed by atoms with E-state index in [-0.39, 0.29) is 37.2 Å². The minimum atomic E-state index is -0.659. The summed E-state index contributed by atoms with van der Waals surface area (Å²) in [6.45, 7) is 0.505. The number of benzene rings is 1. The van der Waals surface area contributed by atoms with Crippen LogP contribution in [0.15, 0.2) is 36.7 Å². The summed E-state index contributed by atoms with van der Waals surface area (Å²) in [5.41, 5.74) is 4.14. The zero-order valence-corrected chi connectivity index (χ0v) is 20.2. The lowest BCUT2D eigenvalue weighted by molar-refractivity contribution is 0.00706. The molecular formula is C25H22ClFN6O4. The molecule has 2 saturated heterocycles. The van der Waals surface area contributed by atoms with Gasteiger partial charge in [0.25, 0.3) is 6.01 Å². The Balaban J connectivity index is 1.12. The van der Waals surface area contributed by atoms with Gasteiger partial charge in [0.2, 0.25) is 0 Å². The van der Waals surface area contributed by atoms with Gasteiger partial charge in [0.05, 0.1) is 42.2 Å². The highest BCUT2D eigenvalue weighted by Gasteiger charge is 2.48. The van der Waals surface area contributed by atoms with Crippen LogP contribution in [-0.2, 0) is 15.9 Å². The lowest BCUT2D eigenvalue weighted by atomic mass is 10.0. The van der Waals surface area contributed by atoms with E-state index in [1.54, 1.807) is 18.5 Å². The minimum absolute atomic E-state index is 0.217. The van der Waals surface area contributed by atoms with Gasteiger partial charge in [0, 0.05) is 11.1 Å². The number of hydrogen-bond donors (Lipinski definition) is 3. The van der Waals surface area contributed by atoms with Crippen molar-refractivity contribution in [3.05, 3.63) is 58.6 Å². The molecule has 5 heterocycles. The van der Waals surface area contributed by atoms with E-state index in [0.717, 1.165) is 23.1 Å². The summed E-state index contributed by atoms with van der Waals surface area (Å²) >= 11 is 6.53. The van der Waals surface area contributed by atoms with Gasteiger partial charge in [-0.25, -0.2) is 9.37 Å². The van der Waals surface area contributed by atoms with Crippen molar-refractivity contribution in [2.75, 3.05) is 18.5 Å². The van der Waals surface area contributed by atoms with E-state index in [2.05, 4.69) is 30.5 Å². The molecule has 37 heavy (non-hydrogen) atoms. The first kappa shape index (κ1) is 22.8. The van der Waals surface area contributed by atoms with E-state index < -0.39 is 18.3 Å². The molecule has 12 heteroatoms. The van der Waals surface area contributed by atoms with Crippen molar-refractivity contribution in [3.8, 4) is 17.1 Å². The highest BCUT2D eigenvalue weighted by Crippen LogP contribution is 2.39. The fourth-order valence-electron chi connectivity index (χ4n) is 5.39. The third-order valence-electron chi connectivity index (χ3n) is 7.14. The molecule has 0 amide bonds. The standard InChI is InChI=1S/C25H22ClFN6O4/c26-14-7-17-24(33-25(31-17)37-19-10-36-21-18(34)9-35-22(19)21)32-23(14)30-16-2-1-11-5-13(6-15(27)20(11)16)12-3-4-28-29-8-12/h3-8,16,18-19,21-22,34H,1-2,9-10H2,(H2,30,31,32,33)/t16?,18-,19-,21-,22-/m1/s1. The van der Waals surface area contributed by atoms with Crippen molar-refractivity contribution in [2.45, 2.75) is 43.3 Å². The number of aryl methyl sites for hydroxylation is 1. The highest BCUT2D eigenvalue weighted by molar-refractivity contribution is 6.33. The lowest BCUT2D eigenvalue weighted by Crippen LogP contribution is -2.34. The number of fused-ring (bicyclic) bond motifs is 3. The quantitative estimate of drug-likeness (QED) is 0.360. The van der Waals surface area contributed by atoms with Gasteiger partial charge in [-0.3, -0.25) is 0 Å². The summed E-state index contributed by atoms with van der Waals surface area (Å²) in [6.07, 6.45) is 2.81. The number of aromatic amines is 1. The van der Waals surface area contributed by atoms with E-state index in [4.69, 9.17) is 25.8 Å². The lowest BCUT2D eigenvalue weighted by Gasteiger charge is -2.17. The van der Waals surface area contributed by atoms with Gasteiger partial charge in [-0.15, -0.1) is 0 Å². The van der Waals surface area contributed by atoms with Crippen LogP contribution in [0, 0.1) is 5.82 Å². The maximum absolute atomic E-state index is 15.3. The number of ether oxygens (including phenoxy) is 3. The molecule has 10 nitrogen and oxygen atoms in total. The molecule has 0 bridgehead atoms. The molecule has 2 fully saturated rings. The molecule has 0 spiro atoms. The van der Waals surface area contributed by atoms with Crippen LogP contribution in [0.5, 0.6) is 6.01 Å². The number of imidazole rings is 1. The van der Waals surface area contributed by atoms with Crippen LogP contribution in [0.2, 0.25) is 5.02 Å². The topological polar surface area (TPSA) is 127 Å². The Hall–Kier alpha value is -3.38. The Morgan fingerprint density at radius 1 is 1.11 bits per heavy atom. The Labute approximate surface area is 215 Å². The number of pyridine rings is 1. The van der Waals surface area contributed by atoms with Gasteiger partial charge in [-0.05, 0) is 42.2 Å². The number of aliphatic hydroxyl groups excluding tert-OH is 1. The third kappa shape index (κ3) is 3.98. The second-order valence-electron chi connectivity index (χ2n) is 9.45. The van der Waals surface area contributed by atoms with Gasteiger partial charge >= 0.3 is 0 Å². The van der Waals surface area contributed by atoms with Crippen molar-refractivity contribution in [1.29, 1.82) is 0 Å². The van der Waals surface area contributed by atoms with Crippen LogP contribution in [0.4, 0.5) is 10.2 Å². The maximum atomic E-state index is 15.3. The second kappa shape index (κ2) is 8.88. The predicted molar refractivity (Wildman–Crippen MR) is 131 cm³/mol. The average molecular weight is 525 g/mol. The average Bonchev–Trinajstić information content (AvgIpc) is 3.66. The minimum Gasteiger partial charge on any atom is -0.456 e. The Morgan fingerprint density at radius 2 is 2.00 bits per heavy atom. The van der Waals surface area contributed by atoms with E-state index >= 15 is 4.39 Å². The molecular weight excluding hydrogens is 503 g/mol. The zero-order valence-electron chi connectivity index (χ0n) is 19.4. The smallest absolute Gasteiger partial charge is 0.296 e. The van der Waals surface area contributed by atoms with Crippen molar-refractivity contribution >= 4 is 28.6 Å². The van der Waals surface area contributed by atoms with Crippen molar-refractivity contribution in [3.63, 3.8) is 0 Å². The van der Waals surface area contributed by atoms with Gasteiger partial charge in [-0.1, -0.05) is 17.7 Å². The molecule has 5 atom stereocenters. The first-order valence-corrected chi connectivity index (χ1v) is 12.4. The molecule has 1 aromatic carbocycles. The molecule has 4 aromatic rings. The van der Waals surface area contributed by atoms with Crippen LogP contribution < -0.4 is 10.1 Å². The normalized spacial score (nSPS) is 26.4. The number of aliphatic hydroxyl groups is 1. The van der Waals surface area contributed by atoms with Gasteiger partial charge in [0.1, 0.15) is 29.9 Å². The Kier molecular flexibility index (Phi) is 5.47. The number of nitrogens with one attached hydrogen (secondary N) is 2. The molecule has 3 aliphatic rings. The first-order chi connectivity index (χ1) is 18.0. The van der Waals surface area contributed by atoms with E-state index in [1.165, 1.54) is 6.07 Å².